The van der Waals surface area contributed by atoms with Crippen molar-refractivity contribution in [3.8, 4) is 12.3 Å². The summed E-state index contributed by atoms with van der Waals surface area (Å²) < 4.78 is 32.5. The van der Waals surface area contributed by atoms with Gasteiger partial charge in [-0.3, -0.25) is 9.18 Å². The predicted molar refractivity (Wildman–Crippen MR) is 140 cm³/mol. The Labute approximate surface area is 211 Å². The summed E-state index contributed by atoms with van der Waals surface area (Å²) in [4.78, 5) is 14.8. The molecular formula is C27H34F2N2O3S. The number of rotatable bonds is 11. The van der Waals surface area contributed by atoms with E-state index in [1.54, 1.807) is 26.0 Å². The summed E-state index contributed by atoms with van der Waals surface area (Å²) in [5.41, 5.74) is 6.21. The fourth-order valence-corrected chi connectivity index (χ4v) is 4.98. The third-order valence-electron chi connectivity index (χ3n) is 5.73. The fraction of sp³-hybridized carbons (Fsp3) is 0.407. The number of carbonyl (C=O) groups excluding carboxylic acids is 1. The molecule has 0 radical (unpaired) electrons. The van der Waals surface area contributed by atoms with Crippen LogP contribution in [0.4, 0.5) is 8.78 Å². The van der Waals surface area contributed by atoms with Crippen molar-refractivity contribution < 1.29 is 23.4 Å². The second-order valence-corrected chi connectivity index (χ2v) is 10.1. The molecule has 35 heavy (non-hydrogen) atoms. The van der Waals surface area contributed by atoms with Gasteiger partial charge in [-0.1, -0.05) is 43.7 Å². The monoisotopic (exact) mass is 504 g/mol. The lowest BCUT2D eigenvalue weighted by Crippen LogP contribution is -2.34. The van der Waals surface area contributed by atoms with Gasteiger partial charge in [0.25, 0.3) is 0 Å². The fourth-order valence-electron chi connectivity index (χ4n) is 3.74. The largest absolute Gasteiger partial charge is 0.484 e. The Morgan fingerprint density at radius 1 is 1.51 bits per heavy atom. The minimum Gasteiger partial charge on any atom is -0.484 e. The maximum atomic E-state index is 14.2. The number of ether oxygens (including phenoxy) is 1. The van der Waals surface area contributed by atoms with E-state index >= 15 is 0 Å². The first-order chi connectivity index (χ1) is 16.4. The van der Waals surface area contributed by atoms with Crippen LogP contribution in [0.3, 0.4) is 0 Å². The Morgan fingerprint density at radius 2 is 2.17 bits per heavy atom. The smallest absolute Gasteiger partial charge is 0.178 e. The molecule has 1 aliphatic carbocycles. The normalized spacial score (nSPS) is 21.0. The number of nitrogens with zero attached hydrogens (tertiary/aromatic N) is 1. The first-order valence-corrected chi connectivity index (χ1v) is 11.7. The van der Waals surface area contributed by atoms with Crippen LogP contribution in [0, 0.1) is 31.0 Å². The van der Waals surface area contributed by atoms with Crippen molar-refractivity contribution in [2.24, 2.45) is 16.6 Å². The zero-order chi connectivity index (χ0) is 26.8. The second kappa shape index (κ2) is 13.3. The summed E-state index contributed by atoms with van der Waals surface area (Å²) in [7, 11) is 0. The summed E-state index contributed by atoms with van der Waals surface area (Å²) in [6.07, 6.45) is 8.43. The number of benzene rings is 1. The van der Waals surface area contributed by atoms with Crippen molar-refractivity contribution in [1.29, 1.82) is 0 Å². The maximum absolute atomic E-state index is 14.2. The lowest BCUT2D eigenvalue weighted by Gasteiger charge is -2.30. The van der Waals surface area contributed by atoms with Gasteiger partial charge in [0.2, 0.25) is 0 Å². The van der Waals surface area contributed by atoms with Gasteiger partial charge in [0.05, 0.1) is 24.5 Å². The highest BCUT2D eigenvalue weighted by atomic mass is 32.2. The number of aliphatic hydroxyl groups is 1. The molecule has 3 N–H and O–H groups in total. The molecule has 3 atom stereocenters. The van der Waals surface area contributed by atoms with Crippen molar-refractivity contribution in [2.45, 2.75) is 44.3 Å². The Balaban J connectivity index is 0.000000383. The van der Waals surface area contributed by atoms with E-state index in [9.17, 15) is 18.7 Å². The number of halogens is 2. The van der Waals surface area contributed by atoms with Gasteiger partial charge in [0, 0.05) is 17.1 Å². The molecule has 1 saturated carbocycles. The van der Waals surface area contributed by atoms with Crippen LogP contribution < -0.4 is 5.73 Å². The molecule has 0 aliphatic heterocycles. The van der Waals surface area contributed by atoms with Gasteiger partial charge >= 0.3 is 0 Å². The number of carbonyl (C=O) groups is 1. The van der Waals surface area contributed by atoms with E-state index < -0.39 is 22.7 Å². The molecule has 0 saturated heterocycles. The minimum atomic E-state index is -0.971. The molecule has 1 aliphatic rings. The van der Waals surface area contributed by atoms with E-state index in [2.05, 4.69) is 24.1 Å². The van der Waals surface area contributed by atoms with Crippen molar-refractivity contribution in [1.82, 2.24) is 0 Å². The lowest BCUT2D eigenvalue weighted by atomic mass is 9.77. The minimum absolute atomic E-state index is 0.123. The second-order valence-electron chi connectivity index (χ2n) is 8.59. The summed E-state index contributed by atoms with van der Waals surface area (Å²) in [6, 6.07) is 4.73. The average molecular weight is 505 g/mol. The number of Topliss-reactive ketones (excluding diaryl/α,β-unsaturated/α-hetero) is 1. The number of alkyl halides is 1. The van der Waals surface area contributed by atoms with Crippen LogP contribution in [-0.4, -0.2) is 41.2 Å². The van der Waals surface area contributed by atoms with Gasteiger partial charge in [-0.15, -0.1) is 18.2 Å². The summed E-state index contributed by atoms with van der Waals surface area (Å²) in [5.74, 6) is 2.16. The van der Waals surface area contributed by atoms with Gasteiger partial charge in [-0.2, -0.15) is 0 Å². The number of aliphatic imine (C=N–C) groups is 1. The molecule has 5 nitrogen and oxygen atoms in total. The number of hydrogen-bond acceptors (Lipinski definition) is 6. The number of aryl methyl sites for hydroxylation is 1. The summed E-state index contributed by atoms with van der Waals surface area (Å²) >= 11 is 1.27. The standard InChI is InChI=1S/C16H21F2NOS.C11H13NO2/c1-10-4-5-13(18)12(6-10)15(3,8-17)14-7-16(14,9-20)21-11(2)19;1-5-7-14-9(3)8-12-11(6-2)10(4)13/h4-6,14,20H,2,7-9,19H2,1,3H3;1,6,8H,2,7H2,3-4H3/b;9-8+,12-11?/t14?,15-,16+;/m0./s1. The van der Waals surface area contributed by atoms with Crippen LogP contribution in [-0.2, 0) is 14.9 Å². The molecule has 1 unspecified atom stereocenters. The van der Waals surface area contributed by atoms with Crippen LogP contribution in [0.15, 0.2) is 59.4 Å². The van der Waals surface area contributed by atoms with Crippen LogP contribution >= 0.6 is 11.8 Å². The molecule has 1 aromatic carbocycles. The Hall–Kier alpha value is -2.89. The Bertz CT molecular complexity index is 1050. The van der Waals surface area contributed by atoms with Gasteiger partial charge in [-0.25, -0.2) is 9.38 Å². The van der Waals surface area contributed by atoms with Gasteiger partial charge in [0.1, 0.15) is 23.9 Å². The van der Waals surface area contributed by atoms with E-state index in [-0.39, 0.29) is 24.9 Å². The molecule has 0 amide bonds. The molecule has 8 heteroatoms. The third kappa shape index (κ3) is 8.08. The molecular weight excluding hydrogens is 470 g/mol. The Morgan fingerprint density at radius 3 is 2.66 bits per heavy atom. The summed E-state index contributed by atoms with van der Waals surface area (Å²) in [6.45, 7) is 13.2. The molecule has 0 aromatic heterocycles. The van der Waals surface area contributed by atoms with Crippen molar-refractivity contribution in [2.75, 3.05) is 19.9 Å². The molecule has 0 heterocycles. The molecule has 0 bridgehead atoms. The highest BCUT2D eigenvalue weighted by Crippen LogP contribution is 2.63. The van der Waals surface area contributed by atoms with Crippen LogP contribution in [0.2, 0.25) is 0 Å². The molecule has 2 rings (SSSR count). The van der Waals surface area contributed by atoms with Crippen molar-refractivity contribution in [3.63, 3.8) is 0 Å². The van der Waals surface area contributed by atoms with Crippen molar-refractivity contribution >= 4 is 23.3 Å². The Kier molecular flexibility index (Phi) is 11.4. The highest BCUT2D eigenvalue weighted by Gasteiger charge is 2.63. The van der Waals surface area contributed by atoms with Crippen LogP contribution in [0.1, 0.15) is 38.3 Å². The zero-order valence-corrected chi connectivity index (χ0v) is 21.6. The highest BCUT2D eigenvalue weighted by molar-refractivity contribution is 8.04. The van der Waals surface area contributed by atoms with E-state index in [0.717, 1.165) is 5.56 Å². The number of allylic oxidation sites excluding steroid dienone is 2. The zero-order valence-electron chi connectivity index (χ0n) is 20.7. The third-order valence-corrected chi connectivity index (χ3v) is 6.98. The van der Waals surface area contributed by atoms with E-state index in [4.69, 9.17) is 16.9 Å². The van der Waals surface area contributed by atoms with E-state index in [1.165, 1.54) is 37.0 Å². The number of ketones is 1. The number of hydrogen-bond donors (Lipinski definition) is 2. The van der Waals surface area contributed by atoms with Gasteiger partial charge in [-0.05, 0) is 43.9 Å². The molecule has 190 valence electrons. The number of aliphatic hydroxyl groups excluding tert-OH is 1. The predicted octanol–water partition coefficient (Wildman–Crippen LogP) is 4.99. The topological polar surface area (TPSA) is 84.9 Å². The van der Waals surface area contributed by atoms with Crippen LogP contribution in [0.5, 0.6) is 0 Å². The van der Waals surface area contributed by atoms with Gasteiger partial charge < -0.3 is 15.6 Å². The number of thioether (sulfide) groups is 1. The first kappa shape index (κ1) is 30.1. The SMILES string of the molecule is C#CCO/C(C)=C/N=C(C=C)C(C)=O.C=C(N)S[C@@]1(CO)CC1[C@@](C)(CF)c1cc(C)ccc1F. The summed E-state index contributed by atoms with van der Waals surface area (Å²) in [5, 5.41) is 10.1. The van der Waals surface area contributed by atoms with Crippen LogP contribution in [0.25, 0.3) is 0 Å². The maximum Gasteiger partial charge on any atom is 0.178 e. The van der Waals surface area contributed by atoms with Gasteiger partial charge in [0.15, 0.2) is 5.78 Å². The quantitative estimate of drug-likeness (QED) is 0.252. The lowest BCUT2D eigenvalue weighted by molar-refractivity contribution is -0.111. The first-order valence-electron chi connectivity index (χ1n) is 10.9. The average Bonchev–Trinajstić information content (AvgIpc) is 3.53. The number of terminal acetylenes is 1. The van der Waals surface area contributed by atoms with E-state index in [1.807, 2.05) is 6.92 Å². The number of nitrogens with two attached hydrogens (primary N) is 1. The molecule has 0 spiro atoms. The van der Waals surface area contributed by atoms with Crippen molar-refractivity contribution in [3.05, 3.63) is 71.4 Å². The molecule has 1 aromatic rings. The van der Waals surface area contributed by atoms with E-state index in [0.29, 0.717) is 28.5 Å². The molecule has 1 fully saturated rings.